The maximum Gasteiger partial charge on any atom is 0.306 e. The Morgan fingerprint density at radius 2 is 2.07 bits per heavy atom. The van der Waals surface area contributed by atoms with Crippen molar-refractivity contribution >= 4 is 23.6 Å². The van der Waals surface area contributed by atoms with Crippen molar-refractivity contribution in [2.24, 2.45) is 0 Å². The molecular formula is C17H26N4O6. The van der Waals surface area contributed by atoms with E-state index >= 15 is 0 Å². The number of anilines is 1. The lowest BCUT2D eigenvalue weighted by molar-refractivity contribution is -0.146. The highest BCUT2D eigenvalue weighted by Gasteiger charge is 2.20. The van der Waals surface area contributed by atoms with Crippen LogP contribution >= 0.6 is 0 Å². The Morgan fingerprint density at radius 1 is 1.30 bits per heavy atom. The Balaban J connectivity index is 1.88. The molecule has 1 saturated heterocycles. The minimum atomic E-state index is -0.425. The fraction of sp³-hybridized carbons (Fsp3) is 0.647. The fourth-order valence-corrected chi connectivity index (χ4v) is 2.61. The summed E-state index contributed by atoms with van der Waals surface area (Å²) in [5.74, 6) is -0.792. The third-order valence-electron chi connectivity index (χ3n) is 4.03. The van der Waals surface area contributed by atoms with Gasteiger partial charge in [-0.15, -0.1) is 0 Å². The molecule has 0 aliphatic carbocycles. The second-order valence-corrected chi connectivity index (χ2v) is 6.01. The number of hydrogen-bond donors (Lipinski definition) is 1. The number of morpholine rings is 1. The number of nitrogens with zero attached hydrogens (tertiary/aromatic N) is 3. The largest absolute Gasteiger partial charge is 0.466 e. The zero-order valence-electron chi connectivity index (χ0n) is 15.5. The van der Waals surface area contributed by atoms with Crippen LogP contribution in [0.3, 0.4) is 0 Å². The van der Waals surface area contributed by atoms with Crippen LogP contribution in [0.4, 0.5) is 5.82 Å². The van der Waals surface area contributed by atoms with Crippen molar-refractivity contribution in [3.05, 3.63) is 12.3 Å². The average Bonchev–Trinajstić information content (AvgIpc) is 3.17. The lowest BCUT2D eigenvalue weighted by atomic mass is 10.2. The van der Waals surface area contributed by atoms with Crippen molar-refractivity contribution < 1.29 is 28.4 Å². The van der Waals surface area contributed by atoms with Gasteiger partial charge in [0, 0.05) is 38.7 Å². The molecule has 0 radical (unpaired) electrons. The third kappa shape index (κ3) is 7.75. The van der Waals surface area contributed by atoms with E-state index in [9.17, 15) is 14.4 Å². The number of rotatable bonds is 10. The van der Waals surface area contributed by atoms with Gasteiger partial charge in [-0.2, -0.15) is 0 Å². The minimum absolute atomic E-state index is 0.000809. The van der Waals surface area contributed by atoms with Crippen LogP contribution in [0.5, 0.6) is 0 Å². The fourth-order valence-electron chi connectivity index (χ4n) is 2.61. The summed E-state index contributed by atoms with van der Waals surface area (Å²) in [5, 5.41) is 6.18. The van der Waals surface area contributed by atoms with Gasteiger partial charge in [0.15, 0.2) is 5.82 Å². The van der Waals surface area contributed by atoms with Gasteiger partial charge < -0.3 is 24.2 Å². The van der Waals surface area contributed by atoms with Crippen LogP contribution < -0.4 is 5.32 Å². The number of nitrogens with one attached hydrogen (secondary N) is 1. The molecule has 1 aliphatic heterocycles. The van der Waals surface area contributed by atoms with Gasteiger partial charge in [0.1, 0.15) is 6.26 Å². The second-order valence-electron chi connectivity index (χ2n) is 6.01. The lowest BCUT2D eigenvalue weighted by Gasteiger charge is -2.29. The summed E-state index contributed by atoms with van der Waals surface area (Å²) < 4.78 is 14.8. The normalized spacial score (nSPS) is 14.6. The molecule has 0 bridgehead atoms. The zero-order chi connectivity index (χ0) is 19.5. The first-order valence-electron chi connectivity index (χ1n) is 9.02. The molecule has 0 saturated carbocycles. The monoisotopic (exact) mass is 382 g/mol. The van der Waals surface area contributed by atoms with Gasteiger partial charge in [-0.3, -0.25) is 19.3 Å². The Labute approximate surface area is 157 Å². The summed E-state index contributed by atoms with van der Waals surface area (Å²) in [6.07, 6.45) is 1.33. The van der Waals surface area contributed by atoms with E-state index in [2.05, 4.69) is 19.9 Å². The highest BCUT2D eigenvalue weighted by atomic mass is 16.5. The molecule has 0 atom stereocenters. The highest BCUT2D eigenvalue weighted by Crippen LogP contribution is 2.05. The number of amides is 2. The van der Waals surface area contributed by atoms with E-state index in [4.69, 9.17) is 9.47 Å². The molecule has 1 aromatic rings. The lowest BCUT2D eigenvalue weighted by Crippen LogP contribution is -2.45. The minimum Gasteiger partial charge on any atom is -0.466 e. The second kappa shape index (κ2) is 11.3. The van der Waals surface area contributed by atoms with E-state index in [1.807, 2.05) is 0 Å². The number of carbonyl (C=O) groups is 3. The van der Waals surface area contributed by atoms with Gasteiger partial charge in [0.05, 0.1) is 32.8 Å². The number of ether oxygens (including phenoxy) is 2. The van der Waals surface area contributed by atoms with Crippen molar-refractivity contribution in [2.45, 2.75) is 19.8 Å². The van der Waals surface area contributed by atoms with E-state index in [0.29, 0.717) is 26.3 Å². The van der Waals surface area contributed by atoms with Crippen molar-refractivity contribution in [2.75, 3.05) is 57.9 Å². The number of esters is 1. The molecule has 2 amide bonds. The summed E-state index contributed by atoms with van der Waals surface area (Å²) in [6.45, 7) is 5.76. The predicted octanol–water partition coefficient (Wildman–Crippen LogP) is 0.117. The summed E-state index contributed by atoms with van der Waals surface area (Å²) in [6, 6.07) is 1.51. The molecule has 150 valence electrons. The quantitative estimate of drug-likeness (QED) is 0.568. The molecule has 2 rings (SSSR count). The van der Waals surface area contributed by atoms with Crippen LogP contribution in [-0.4, -0.2) is 85.3 Å². The van der Waals surface area contributed by atoms with Gasteiger partial charge in [0.25, 0.3) is 0 Å². The van der Waals surface area contributed by atoms with Crippen LogP contribution in [0.1, 0.15) is 19.8 Å². The van der Waals surface area contributed by atoms with Gasteiger partial charge in [-0.05, 0) is 6.92 Å². The Bertz CT molecular complexity index is 601. The third-order valence-corrected chi connectivity index (χ3v) is 4.03. The van der Waals surface area contributed by atoms with Gasteiger partial charge in [-0.25, -0.2) is 0 Å². The van der Waals surface area contributed by atoms with Crippen molar-refractivity contribution in [1.82, 2.24) is 15.0 Å². The predicted molar refractivity (Wildman–Crippen MR) is 94.8 cm³/mol. The molecule has 0 unspecified atom stereocenters. The molecule has 10 heteroatoms. The Morgan fingerprint density at radius 3 is 2.74 bits per heavy atom. The number of hydrogen-bond acceptors (Lipinski definition) is 8. The maximum absolute atomic E-state index is 12.5. The molecule has 1 aromatic heterocycles. The first-order valence-corrected chi connectivity index (χ1v) is 9.02. The molecule has 0 spiro atoms. The van der Waals surface area contributed by atoms with Gasteiger partial charge in [0.2, 0.25) is 11.8 Å². The zero-order valence-corrected chi connectivity index (χ0v) is 15.5. The van der Waals surface area contributed by atoms with E-state index in [1.165, 1.54) is 17.2 Å². The van der Waals surface area contributed by atoms with Gasteiger partial charge >= 0.3 is 5.97 Å². The molecule has 27 heavy (non-hydrogen) atoms. The van der Waals surface area contributed by atoms with Gasteiger partial charge in [-0.1, -0.05) is 5.16 Å². The SMILES string of the molecule is CCOC(=O)CCC(=O)N(CCN1CCOCC1)CC(=O)Nc1ccon1. The first kappa shape index (κ1) is 20.8. The van der Waals surface area contributed by atoms with Crippen molar-refractivity contribution in [1.29, 1.82) is 0 Å². The smallest absolute Gasteiger partial charge is 0.306 e. The highest BCUT2D eigenvalue weighted by molar-refractivity contribution is 5.94. The Hall–Kier alpha value is -2.46. The Kier molecular flexibility index (Phi) is 8.72. The van der Waals surface area contributed by atoms with E-state index < -0.39 is 5.97 Å². The molecular weight excluding hydrogens is 356 g/mol. The molecule has 1 aliphatic rings. The summed E-state index contributed by atoms with van der Waals surface area (Å²) in [7, 11) is 0. The van der Waals surface area contributed by atoms with Crippen LogP contribution in [-0.2, 0) is 23.9 Å². The molecule has 10 nitrogen and oxygen atoms in total. The van der Waals surface area contributed by atoms with E-state index in [0.717, 1.165) is 13.1 Å². The van der Waals surface area contributed by atoms with Crippen LogP contribution in [0, 0.1) is 0 Å². The number of carbonyl (C=O) groups excluding carboxylic acids is 3. The average molecular weight is 382 g/mol. The molecule has 1 fully saturated rings. The molecule has 0 aromatic carbocycles. The van der Waals surface area contributed by atoms with Crippen molar-refractivity contribution in [3.63, 3.8) is 0 Å². The number of aromatic nitrogens is 1. The molecule has 2 heterocycles. The van der Waals surface area contributed by atoms with Crippen molar-refractivity contribution in [3.8, 4) is 0 Å². The standard InChI is InChI=1S/C17H26N4O6/c1-2-26-17(24)4-3-16(23)21(7-6-20-8-11-25-12-9-20)13-15(22)18-14-5-10-27-19-14/h5,10H,2-4,6-9,11-13H2,1H3,(H,18,19,22). The maximum atomic E-state index is 12.5. The van der Waals surface area contributed by atoms with E-state index in [-0.39, 0.29) is 43.6 Å². The van der Waals surface area contributed by atoms with Crippen LogP contribution in [0.15, 0.2) is 16.9 Å². The summed E-state index contributed by atoms with van der Waals surface area (Å²) >= 11 is 0. The molecule has 1 N–H and O–H groups in total. The van der Waals surface area contributed by atoms with Crippen LogP contribution in [0.25, 0.3) is 0 Å². The van der Waals surface area contributed by atoms with Crippen LogP contribution in [0.2, 0.25) is 0 Å². The first-order chi connectivity index (χ1) is 13.1. The summed E-state index contributed by atoms with van der Waals surface area (Å²) in [5.41, 5.74) is 0. The van der Waals surface area contributed by atoms with E-state index in [1.54, 1.807) is 6.92 Å². The summed E-state index contributed by atoms with van der Waals surface area (Å²) in [4.78, 5) is 39.8. The topological polar surface area (TPSA) is 114 Å².